The highest BCUT2D eigenvalue weighted by molar-refractivity contribution is 5.82. The molecule has 1 aliphatic rings. The molecule has 0 N–H and O–H groups in total. The number of esters is 1. The van der Waals surface area contributed by atoms with E-state index in [0.29, 0.717) is 6.61 Å². The molecule has 3 nitrogen and oxygen atoms in total. The predicted octanol–water partition coefficient (Wildman–Crippen LogP) is 0.727. The number of rotatable bonds is 2. The Balaban J connectivity index is 2.43. The maximum absolute atomic E-state index is 11.0. The van der Waals surface area contributed by atoms with Crippen molar-refractivity contribution in [1.29, 1.82) is 0 Å². The van der Waals surface area contributed by atoms with E-state index in [1.807, 2.05) is 6.92 Å². The van der Waals surface area contributed by atoms with Crippen LogP contribution in [-0.2, 0) is 14.3 Å². The van der Waals surface area contributed by atoms with Crippen LogP contribution in [0.15, 0.2) is 0 Å². The van der Waals surface area contributed by atoms with Gasteiger partial charge < -0.3 is 9.47 Å². The number of hydrogen-bond donors (Lipinski definition) is 0. The number of carbonyl (C=O) groups is 1. The molecule has 2 atom stereocenters. The number of carbonyl (C=O) groups excluding carboxylic acids is 1. The Hall–Kier alpha value is -0.570. The second kappa shape index (κ2) is 2.23. The fourth-order valence-corrected chi connectivity index (χ4v) is 0.822. The molecular formula is C7H12O3. The molecule has 0 aromatic carbocycles. The van der Waals surface area contributed by atoms with Gasteiger partial charge in [-0.2, -0.15) is 0 Å². The summed E-state index contributed by atoms with van der Waals surface area (Å²) in [5.41, 5.74) is -0.643. The lowest BCUT2D eigenvalue weighted by Gasteiger charge is -2.03. The van der Waals surface area contributed by atoms with Crippen molar-refractivity contribution in [3.05, 3.63) is 0 Å². The number of epoxide rings is 1. The second-order valence-corrected chi connectivity index (χ2v) is 2.59. The van der Waals surface area contributed by atoms with Gasteiger partial charge in [0.25, 0.3) is 0 Å². The average molecular weight is 144 g/mol. The molecule has 0 amide bonds. The van der Waals surface area contributed by atoms with E-state index < -0.39 is 5.60 Å². The first kappa shape index (κ1) is 7.54. The van der Waals surface area contributed by atoms with Crippen LogP contribution in [0.1, 0.15) is 20.8 Å². The Morgan fingerprint density at radius 3 is 2.60 bits per heavy atom. The zero-order valence-electron chi connectivity index (χ0n) is 6.51. The molecule has 1 rings (SSSR count). The minimum atomic E-state index is -0.643. The van der Waals surface area contributed by atoms with Gasteiger partial charge in [-0.05, 0) is 20.8 Å². The summed E-state index contributed by atoms with van der Waals surface area (Å²) in [5.74, 6) is -0.248. The smallest absolute Gasteiger partial charge is 0.340 e. The van der Waals surface area contributed by atoms with Crippen LogP contribution in [0.25, 0.3) is 0 Å². The van der Waals surface area contributed by atoms with Crippen molar-refractivity contribution < 1.29 is 14.3 Å². The minimum absolute atomic E-state index is 0.0200. The molecule has 1 saturated heterocycles. The first-order valence-corrected chi connectivity index (χ1v) is 3.46. The molecule has 0 aromatic heterocycles. The van der Waals surface area contributed by atoms with E-state index >= 15 is 0 Å². The van der Waals surface area contributed by atoms with E-state index in [-0.39, 0.29) is 12.1 Å². The molecule has 0 aliphatic carbocycles. The summed E-state index contributed by atoms with van der Waals surface area (Å²) in [6, 6.07) is 0. The van der Waals surface area contributed by atoms with E-state index in [0.717, 1.165) is 0 Å². The normalized spacial score (nSPS) is 37.3. The largest absolute Gasteiger partial charge is 0.464 e. The summed E-state index contributed by atoms with van der Waals surface area (Å²) in [6.07, 6.45) is 0.0200. The van der Waals surface area contributed by atoms with Crippen LogP contribution in [0.5, 0.6) is 0 Å². The van der Waals surface area contributed by atoms with Gasteiger partial charge in [-0.15, -0.1) is 0 Å². The van der Waals surface area contributed by atoms with Gasteiger partial charge >= 0.3 is 5.97 Å². The van der Waals surface area contributed by atoms with Crippen molar-refractivity contribution in [2.75, 3.05) is 6.61 Å². The highest BCUT2D eigenvalue weighted by Crippen LogP contribution is 2.36. The first-order chi connectivity index (χ1) is 4.61. The van der Waals surface area contributed by atoms with Gasteiger partial charge in [-0.1, -0.05) is 0 Å². The Bertz CT molecular complexity index is 155. The second-order valence-electron chi connectivity index (χ2n) is 2.59. The zero-order chi connectivity index (χ0) is 7.78. The zero-order valence-corrected chi connectivity index (χ0v) is 6.51. The molecule has 0 saturated carbocycles. The van der Waals surface area contributed by atoms with Gasteiger partial charge in [0.1, 0.15) is 0 Å². The maximum Gasteiger partial charge on any atom is 0.340 e. The van der Waals surface area contributed by atoms with Gasteiger partial charge in [0.05, 0.1) is 12.7 Å². The van der Waals surface area contributed by atoms with Crippen molar-refractivity contribution in [3.63, 3.8) is 0 Å². The van der Waals surface area contributed by atoms with Crippen LogP contribution in [0, 0.1) is 0 Å². The quantitative estimate of drug-likeness (QED) is 0.423. The molecule has 0 bridgehead atoms. The third-order valence-electron chi connectivity index (χ3n) is 1.82. The average Bonchev–Trinajstić information content (AvgIpc) is 2.43. The Morgan fingerprint density at radius 1 is 1.80 bits per heavy atom. The Labute approximate surface area is 60.3 Å². The minimum Gasteiger partial charge on any atom is -0.464 e. The number of ether oxygens (including phenoxy) is 2. The molecule has 58 valence electrons. The molecule has 2 unspecified atom stereocenters. The van der Waals surface area contributed by atoms with E-state index in [1.54, 1.807) is 13.8 Å². The molecule has 0 radical (unpaired) electrons. The van der Waals surface area contributed by atoms with Crippen LogP contribution in [0.4, 0.5) is 0 Å². The summed E-state index contributed by atoms with van der Waals surface area (Å²) in [7, 11) is 0. The highest BCUT2D eigenvalue weighted by atomic mass is 16.7. The predicted molar refractivity (Wildman–Crippen MR) is 35.6 cm³/mol. The number of hydrogen-bond acceptors (Lipinski definition) is 3. The Kier molecular flexibility index (Phi) is 1.68. The van der Waals surface area contributed by atoms with Gasteiger partial charge in [0.15, 0.2) is 5.60 Å². The van der Waals surface area contributed by atoms with E-state index in [9.17, 15) is 4.79 Å². The first-order valence-electron chi connectivity index (χ1n) is 3.46. The van der Waals surface area contributed by atoms with Gasteiger partial charge in [-0.3, -0.25) is 0 Å². The van der Waals surface area contributed by atoms with Crippen molar-refractivity contribution >= 4 is 5.97 Å². The third kappa shape index (κ3) is 1.01. The van der Waals surface area contributed by atoms with Gasteiger partial charge in [-0.25, -0.2) is 4.79 Å². The SMILES string of the molecule is CCOC(=O)C1(C)OC1C. The fourth-order valence-electron chi connectivity index (χ4n) is 0.822. The third-order valence-corrected chi connectivity index (χ3v) is 1.82. The van der Waals surface area contributed by atoms with Gasteiger partial charge in [0.2, 0.25) is 0 Å². The monoisotopic (exact) mass is 144 g/mol. The van der Waals surface area contributed by atoms with Crippen LogP contribution >= 0.6 is 0 Å². The lowest BCUT2D eigenvalue weighted by molar-refractivity contribution is -0.148. The molecule has 1 fully saturated rings. The molecule has 1 heterocycles. The van der Waals surface area contributed by atoms with Crippen LogP contribution in [-0.4, -0.2) is 24.3 Å². The van der Waals surface area contributed by atoms with Crippen molar-refractivity contribution in [3.8, 4) is 0 Å². The van der Waals surface area contributed by atoms with Gasteiger partial charge in [0, 0.05) is 0 Å². The summed E-state index contributed by atoms with van der Waals surface area (Å²) >= 11 is 0. The van der Waals surface area contributed by atoms with Crippen molar-refractivity contribution in [1.82, 2.24) is 0 Å². The summed E-state index contributed by atoms with van der Waals surface area (Å²) in [6.45, 7) is 5.81. The van der Waals surface area contributed by atoms with Crippen LogP contribution in [0.2, 0.25) is 0 Å². The van der Waals surface area contributed by atoms with E-state index in [2.05, 4.69) is 0 Å². The van der Waals surface area contributed by atoms with Crippen LogP contribution < -0.4 is 0 Å². The molecule has 0 aromatic rings. The lowest BCUT2D eigenvalue weighted by atomic mass is 10.1. The van der Waals surface area contributed by atoms with Crippen molar-refractivity contribution in [2.45, 2.75) is 32.5 Å². The fraction of sp³-hybridized carbons (Fsp3) is 0.857. The molecule has 0 spiro atoms. The summed E-state index contributed by atoms with van der Waals surface area (Å²) in [4.78, 5) is 11.0. The lowest BCUT2D eigenvalue weighted by Crippen LogP contribution is -2.25. The Morgan fingerprint density at radius 2 is 2.30 bits per heavy atom. The summed E-state index contributed by atoms with van der Waals surface area (Å²) in [5, 5.41) is 0. The van der Waals surface area contributed by atoms with Crippen LogP contribution in [0.3, 0.4) is 0 Å². The molecule has 1 aliphatic heterocycles. The maximum atomic E-state index is 11.0. The summed E-state index contributed by atoms with van der Waals surface area (Å²) < 4.78 is 9.82. The molecule has 3 heteroatoms. The topological polar surface area (TPSA) is 38.8 Å². The van der Waals surface area contributed by atoms with Crippen molar-refractivity contribution in [2.24, 2.45) is 0 Å². The highest BCUT2D eigenvalue weighted by Gasteiger charge is 2.56. The molecule has 10 heavy (non-hydrogen) atoms. The molecular weight excluding hydrogens is 132 g/mol. The van der Waals surface area contributed by atoms with E-state index in [1.165, 1.54) is 0 Å². The standard InChI is InChI=1S/C7H12O3/c1-4-9-6(8)7(3)5(2)10-7/h5H,4H2,1-3H3. The van der Waals surface area contributed by atoms with E-state index in [4.69, 9.17) is 9.47 Å².